The molecule has 1 aliphatic carbocycles. The molecule has 4 heterocycles. The number of carbonyl (C=O) groups excluding carboxylic acids is 12. The maximum absolute atomic E-state index is 15.4. The minimum atomic E-state index is -4.77. The average molecular weight is 1370 g/mol. The van der Waals surface area contributed by atoms with Gasteiger partial charge in [0.25, 0.3) is 0 Å². The van der Waals surface area contributed by atoms with E-state index in [-0.39, 0.29) is 75.9 Å². The second kappa shape index (κ2) is 33.2. The number of terminal acetylenes is 1. The van der Waals surface area contributed by atoms with E-state index in [9.17, 15) is 56.3 Å². The summed E-state index contributed by atoms with van der Waals surface area (Å²) in [5.41, 5.74) is -2.41. The van der Waals surface area contributed by atoms with Crippen molar-refractivity contribution in [3.63, 3.8) is 0 Å². The highest BCUT2D eigenvalue weighted by molar-refractivity contribution is 6.31. The number of piperidine rings is 1. The first kappa shape index (κ1) is 77.5. The normalized spacial score (nSPS) is 27.2. The maximum Gasteiger partial charge on any atom is 0.417 e. The van der Waals surface area contributed by atoms with Gasteiger partial charge < -0.3 is 60.0 Å². The predicted molar refractivity (Wildman–Crippen MR) is 351 cm³/mol. The number of carbonyl (C=O) groups is 12. The van der Waals surface area contributed by atoms with Crippen LogP contribution in [-0.2, 0) is 70.1 Å². The first-order valence-electron chi connectivity index (χ1n) is 33.7. The van der Waals surface area contributed by atoms with Crippen molar-refractivity contribution in [2.75, 3.05) is 75.0 Å². The summed E-state index contributed by atoms with van der Waals surface area (Å²) >= 11 is 6.11. The van der Waals surface area contributed by atoms with E-state index in [1.54, 1.807) is 25.7 Å². The van der Waals surface area contributed by atoms with Crippen LogP contribution in [0.5, 0.6) is 0 Å². The summed E-state index contributed by atoms with van der Waals surface area (Å²) in [6, 6.07) is -8.39. The average Bonchev–Trinajstić information content (AvgIpc) is 1.24. The molecule has 96 heavy (non-hydrogen) atoms. The Morgan fingerprint density at radius 3 is 1.90 bits per heavy atom. The molecule has 532 valence electrons. The topological polar surface area (TPSA) is 270 Å². The van der Waals surface area contributed by atoms with E-state index in [1.165, 1.54) is 84.7 Å². The molecule has 10 atom stereocenters. The molecular formula is C68H100ClF3N12O12. The van der Waals surface area contributed by atoms with Gasteiger partial charge in [0.05, 0.1) is 23.6 Å². The Morgan fingerprint density at radius 2 is 1.33 bits per heavy atom. The van der Waals surface area contributed by atoms with E-state index in [2.05, 4.69) is 21.9 Å². The van der Waals surface area contributed by atoms with Crippen LogP contribution in [-0.4, -0.2) is 250 Å². The number of benzene rings is 1. The standard InChI is InChI=1S/C68H100ClF3N12O12/c1-15-23-49-61(91)76(9)39-53(85)73-47(28-26-44-25-27-45(46(69)37-44)68(70,71)72)60(90)83-34-22-24-48(83)58(88)75-67(30-18-19-31-67)66(96)81(14)56(41(5)6)65(95)80(13)52(63(93)82-32-20-17-21-33-82)38-54(86)78(11)51(36-40(3)4)57(87)74-55(42(7)16-2)64(94)77(10)43(8)59(89)84-35-29-50(84)62(92)79(49)12/h1,25,27,37,40-43,47-52,55-56H,16-24,26,28-36,38-39H2,2-14H3,(H,73,85)(H,74,87)(H,75,88)/t42-,43-,47-,48-,49-,50-,51-,52-,55-,56-/m0/s1. The van der Waals surface area contributed by atoms with Crippen molar-refractivity contribution in [3.05, 3.63) is 34.3 Å². The number of nitrogens with one attached hydrogen (secondary N) is 3. The number of halogens is 4. The van der Waals surface area contributed by atoms with Crippen LogP contribution in [0.3, 0.4) is 0 Å². The third kappa shape index (κ3) is 17.8. The van der Waals surface area contributed by atoms with Crippen molar-refractivity contribution in [2.24, 2.45) is 17.8 Å². The smallest absolute Gasteiger partial charge is 0.343 e. The predicted octanol–water partition coefficient (Wildman–Crippen LogP) is 4.08. The van der Waals surface area contributed by atoms with Crippen LogP contribution < -0.4 is 16.0 Å². The molecule has 5 aliphatic rings. The summed E-state index contributed by atoms with van der Waals surface area (Å²) in [6.45, 7) is 12.3. The molecule has 1 saturated carbocycles. The summed E-state index contributed by atoms with van der Waals surface area (Å²) in [5, 5.41) is 7.98. The molecule has 1 aromatic rings. The zero-order valence-electron chi connectivity index (χ0n) is 58.0. The van der Waals surface area contributed by atoms with Gasteiger partial charge in [-0.1, -0.05) is 78.5 Å². The highest BCUT2D eigenvalue weighted by Gasteiger charge is 2.51. The van der Waals surface area contributed by atoms with Gasteiger partial charge in [0.2, 0.25) is 70.9 Å². The first-order chi connectivity index (χ1) is 45.0. The van der Waals surface area contributed by atoms with Gasteiger partial charge in [-0.2, -0.15) is 13.2 Å². The highest BCUT2D eigenvalue weighted by Crippen LogP contribution is 2.37. The fraction of sp³-hybridized carbons (Fsp3) is 0.706. The van der Waals surface area contributed by atoms with Crippen molar-refractivity contribution in [1.29, 1.82) is 0 Å². The van der Waals surface area contributed by atoms with Gasteiger partial charge in [0, 0.05) is 74.9 Å². The molecule has 3 N–H and O–H groups in total. The van der Waals surface area contributed by atoms with Gasteiger partial charge in [-0.3, -0.25) is 57.5 Å². The van der Waals surface area contributed by atoms with Crippen LogP contribution in [0.15, 0.2) is 18.2 Å². The maximum atomic E-state index is 15.4. The fourth-order valence-corrected chi connectivity index (χ4v) is 14.2. The largest absolute Gasteiger partial charge is 0.417 e. The number of aryl methyl sites for hydroxylation is 1. The molecule has 5 fully saturated rings. The summed E-state index contributed by atoms with van der Waals surface area (Å²) < 4.78 is 41.4. The molecule has 4 saturated heterocycles. The Labute approximate surface area is 567 Å². The molecule has 6 rings (SSSR count). The van der Waals surface area contributed by atoms with Crippen LogP contribution >= 0.6 is 11.6 Å². The van der Waals surface area contributed by atoms with Crippen LogP contribution in [0.1, 0.15) is 156 Å². The monoisotopic (exact) mass is 1370 g/mol. The lowest BCUT2D eigenvalue weighted by atomic mass is 9.91. The van der Waals surface area contributed by atoms with E-state index >= 15 is 14.4 Å². The lowest BCUT2D eigenvalue weighted by molar-refractivity contribution is -0.160. The Bertz CT molecular complexity index is 3110. The third-order valence-electron chi connectivity index (χ3n) is 20.2. The third-order valence-corrected chi connectivity index (χ3v) is 20.5. The number of hydrogen-bond donors (Lipinski definition) is 3. The molecule has 1 spiro atoms. The summed E-state index contributed by atoms with van der Waals surface area (Å²) in [5.74, 6) is -7.15. The Balaban J connectivity index is 1.42. The molecule has 28 heteroatoms. The van der Waals surface area contributed by atoms with E-state index in [0.29, 0.717) is 51.6 Å². The van der Waals surface area contributed by atoms with E-state index < -0.39 is 172 Å². The van der Waals surface area contributed by atoms with Crippen molar-refractivity contribution >= 4 is 82.5 Å². The van der Waals surface area contributed by atoms with Gasteiger partial charge in [0.1, 0.15) is 59.9 Å². The van der Waals surface area contributed by atoms with Crippen molar-refractivity contribution in [2.45, 2.75) is 217 Å². The molecule has 0 aromatic heterocycles. The second-order valence-corrected chi connectivity index (χ2v) is 28.1. The SMILES string of the molecule is C#CC[C@H]1C(=O)N(C)CC(=O)N[C@@H](CCc2ccc(C(F)(F)F)c(Cl)c2)C(=O)N2CCC[C@H]2C(=O)NC2(CCCC2)C(=O)N(C)[C@@H](C(C)C)C(=O)N(C)[C@H](C(=O)N2CCCCC2)CC(=O)N(C)[C@@H](CC(C)C)C(=O)N[C@@H]([C@@H](C)CC)C(=O)N(C)[C@@H](C)C(=O)N2CC[C@H]2C(=O)N1C. The Kier molecular flexibility index (Phi) is 26.8. The number of amides is 12. The highest BCUT2D eigenvalue weighted by atomic mass is 35.5. The van der Waals surface area contributed by atoms with E-state index in [4.69, 9.17) is 18.0 Å². The molecule has 0 radical (unpaired) electrons. The van der Waals surface area contributed by atoms with E-state index in [0.717, 1.165) is 28.4 Å². The zero-order valence-corrected chi connectivity index (χ0v) is 58.8. The number of rotatable bonds is 10. The number of hydrogen-bond acceptors (Lipinski definition) is 12. The second-order valence-electron chi connectivity index (χ2n) is 27.6. The minimum Gasteiger partial charge on any atom is -0.343 e. The number of likely N-dealkylation sites (N-methyl/N-ethyl adjacent to an activating group) is 6. The summed E-state index contributed by atoms with van der Waals surface area (Å²) in [7, 11) is 8.25. The van der Waals surface area contributed by atoms with Crippen LogP contribution in [0.2, 0.25) is 5.02 Å². The first-order valence-corrected chi connectivity index (χ1v) is 34.1. The summed E-state index contributed by atoms with van der Waals surface area (Å²) in [6.07, 6.45) is 4.32. The molecule has 4 aliphatic heterocycles. The zero-order chi connectivity index (χ0) is 71.6. The van der Waals surface area contributed by atoms with Gasteiger partial charge in [0.15, 0.2) is 0 Å². The molecular weight excluding hydrogens is 1270 g/mol. The van der Waals surface area contributed by atoms with Crippen molar-refractivity contribution in [3.8, 4) is 12.3 Å². The van der Waals surface area contributed by atoms with Gasteiger partial charge >= 0.3 is 6.18 Å². The van der Waals surface area contributed by atoms with E-state index in [1.807, 2.05) is 20.8 Å². The number of nitrogens with zero attached hydrogens (tertiary/aromatic N) is 9. The minimum absolute atomic E-state index is 0.0106. The molecule has 1 aromatic carbocycles. The lowest BCUT2D eigenvalue weighted by Gasteiger charge is -2.45. The number of alkyl halides is 3. The molecule has 24 nitrogen and oxygen atoms in total. The summed E-state index contributed by atoms with van der Waals surface area (Å²) in [4.78, 5) is 189. The molecule has 0 unspecified atom stereocenters. The molecule has 0 bridgehead atoms. The number of fused-ring (bicyclic) bond motifs is 2. The van der Waals surface area contributed by atoms with Gasteiger partial charge in [-0.05, 0) is 113 Å². The van der Waals surface area contributed by atoms with Crippen LogP contribution in [0, 0.1) is 30.1 Å². The molecule has 12 amide bonds. The quantitative estimate of drug-likeness (QED) is 0.280. The fourth-order valence-electron chi connectivity index (χ4n) is 13.8. The van der Waals surface area contributed by atoms with Crippen molar-refractivity contribution < 1.29 is 70.7 Å². The Hall–Kier alpha value is -7.50. The van der Waals surface area contributed by atoms with Gasteiger partial charge in [-0.25, -0.2) is 0 Å². The van der Waals surface area contributed by atoms with Gasteiger partial charge in [-0.15, -0.1) is 12.3 Å². The van der Waals surface area contributed by atoms with Crippen molar-refractivity contribution in [1.82, 2.24) is 60.0 Å². The lowest BCUT2D eigenvalue weighted by Crippen LogP contribution is -2.65. The number of likely N-dealkylation sites (tertiary alicyclic amines) is 1. The van der Waals surface area contributed by atoms with Crippen LogP contribution in [0.25, 0.3) is 0 Å². The Morgan fingerprint density at radius 1 is 0.698 bits per heavy atom. The van der Waals surface area contributed by atoms with Crippen LogP contribution in [0.4, 0.5) is 13.2 Å².